The van der Waals surface area contributed by atoms with Gasteiger partial charge < -0.3 is 9.47 Å². The van der Waals surface area contributed by atoms with Crippen LogP contribution in [0.4, 0.5) is 0 Å². The van der Waals surface area contributed by atoms with E-state index in [1.807, 2.05) is 6.33 Å². The Labute approximate surface area is 162 Å². The number of piperidine rings is 1. The Balaban J connectivity index is 1.36. The monoisotopic (exact) mass is 365 g/mol. The highest BCUT2D eigenvalue weighted by molar-refractivity contribution is 5.18. The minimum absolute atomic E-state index is 0.357. The maximum absolute atomic E-state index is 4.54. The van der Waals surface area contributed by atoms with Crippen molar-refractivity contribution < 1.29 is 0 Å². The van der Waals surface area contributed by atoms with Crippen molar-refractivity contribution in [3.63, 3.8) is 0 Å². The van der Waals surface area contributed by atoms with Crippen LogP contribution in [-0.2, 0) is 13.6 Å². The molecule has 0 radical (unpaired) electrons. The highest BCUT2D eigenvalue weighted by Crippen LogP contribution is 2.50. The molecule has 144 valence electrons. The predicted octanol–water partition coefficient (Wildman–Crippen LogP) is 3.05. The topological polar surface area (TPSA) is 37.2 Å². The Morgan fingerprint density at radius 1 is 1.11 bits per heavy atom. The Kier molecular flexibility index (Phi) is 4.52. The summed E-state index contributed by atoms with van der Waals surface area (Å²) >= 11 is 0. The largest absolute Gasteiger partial charge is 0.320 e. The van der Waals surface area contributed by atoms with Crippen LogP contribution in [0.1, 0.15) is 49.4 Å². The number of rotatable bonds is 4. The van der Waals surface area contributed by atoms with Crippen LogP contribution >= 0.6 is 0 Å². The lowest BCUT2D eigenvalue weighted by atomic mass is 9.69. The van der Waals surface area contributed by atoms with Crippen LogP contribution in [0.5, 0.6) is 0 Å². The second-order valence-electron chi connectivity index (χ2n) is 8.99. The summed E-state index contributed by atoms with van der Waals surface area (Å²) in [5.74, 6) is 1.68. The molecule has 3 fully saturated rings. The highest BCUT2D eigenvalue weighted by Gasteiger charge is 2.50. The molecule has 3 heterocycles. The molecule has 1 aliphatic carbocycles. The molecule has 5 heteroatoms. The molecule has 1 atom stereocenters. The molecular formula is C22H31N5. The van der Waals surface area contributed by atoms with E-state index >= 15 is 0 Å². The van der Waals surface area contributed by atoms with Crippen molar-refractivity contribution in [2.45, 2.75) is 50.6 Å². The third-order valence-corrected chi connectivity index (χ3v) is 7.41. The van der Waals surface area contributed by atoms with E-state index in [0.717, 1.165) is 19.1 Å². The molecule has 3 aliphatic rings. The SMILES string of the molecule is Cn1cnnc1C1CN(Cc2ccccc2)CC12CCN(C1CCC1)CC2. The molecule has 27 heavy (non-hydrogen) atoms. The van der Waals surface area contributed by atoms with E-state index in [4.69, 9.17) is 0 Å². The first-order valence-corrected chi connectivity index (χ1v) is 10.6. The van der Waals surface area contributed by atoms with Gasteiger partial charge in [0.2, 0.25) is 0 Å². The zero-order valence-corrected chi connectivity index (χ0v) is 16.4. The number of aromatic nitrogens is 3. The normalized spacial score (nSPS) is 26.5. The van der Waals surface area contributed by atoms with Crippen molar-refractivity contribution in [3.8, 4) is 0 Å². The van der Waals surface area contributed by atoms with Gasteiger partial charge in [-0.25, -0.2) is 0 Å². The van der Waals surface area contributed by atoms with Gasteiger partial charge in [-0.3, -0.25) is 4.90 Å². The second kappa shape index (κ2) is 7.02. The summed E-state index contributed by atoms with van der Waals surface area (Å²) in [5, 5.41) is 8.75. The van der Waals surface area contributed by atoms with Gasteiger partial charge in [-0.05, 0) is 49.8 Å². The van der Waals surface area contributed by atoms with E-state index in [2.05, 4.69) is 61.9 Å². The summed E-state index contributed by atoms with van der Waals surface area (Å²) in [6.45, 7) is 5.86. The van der Waals surface area contributed by atoms with Crippen LogP contribution in [0, 0.1) is 5.41 Å². The molecule has 1 aromatic heterocycles. The Bertz CT molecular complexity index is 758. The lowest BCUT2D eigenvalue weighted by Crippen LogP contribution is -2.49. The average Bonchev–Trinajstić information content (AvgIpc) is 3.20. The molecule has 2 aromatic rings. The van der Waals surface area contributed by atoms with Gasteiger partial charge in [0.15, 0.2) is 0 Å². The summed E-state index contributed by atoms with van der Waals surface area (Å²) in [6.07, 6.45) is 8.73. The van der Waals surface area contributed by atoms with Crippen molar-refractivity contribution in [1.29, 1.82) is 0 Å². The molecule has 2 aliphatic heterocycles. The molecule has 1 saturated carbocycles. The number of hydrogen-bond acceptors (Lipinski definition) is 4. The fourth-order valence-corrected chi connectivity index (χ4v) is 5.59. The fraction of sp³-hybridized carbons (Fsp3) is 0.636. The maximum atomic E-state index is 4.54. The summed E-state index contributed by atoms with van der Waals surface area (Å²) in [6, 6.07) is 11.8. The van der Waals surface area contributed by atoms with E-state index in [0.29, 0.717) is 11.3 Å². The standard InChI is InChI=1S/C22H31N5/c1-25-17-23-24-21(25)20-15-26(14-18-6-3-2-4-7-18)16-22(20)10-12-27(13-11-22)19-8-5-9-19/h2-4,6-7,17,19-20H,5,8-16H2,1H3. The van der Waals surface area contributed by atoms with E-state index < -0.39 is 0 Å². The number of likely N-dealkylation sites (tertiary alicyclic amines) is 2. The Morgan fingerprint density at radius 2 is 1.89 bits per heavy atom. The second-order valence-corrected chi connectivity index (χ2v) is 8.99. The van der Waals surface area contributed by atoms with Gasteiger partial charge >= 0.3 is 0 Å². The van der Waals surface area contributed by atoms with Crippen molar-refractivity contribution >= 4 is 0 Å². The number of nitrogens with zero attached hydrogens (tertiary/aromatic N) is 5. The van der Waals surface area contributed by atoms with Crippen LogP contribution in [0.15, 0.2) is 36.7 Å². The van der Waals surface area contributed by atoms with Crippen molar-refractivity contribution in [2.75, 3.05) is 26.2 Å². The van der Waals surface area contributed by atoms with E-state index in [1.165, 1.54) is 63.1 Å². The van der Waals surface area contributed by atoms with Gasteiger partial charge in [0.25, 0.3) is 0 Å². The van der Waals surface area contributed by atoms with E-state index in [-0.39, 0.29) is 0 Å². The first-order chi connectivity index (χ1) is 13.2. The summed E-state index contributed by atoms with van der Waals surface area (Å²) in [7, 11) is 2.10. The average molecular weight is 366 g/mol. The molecule has 5 rings (SSSR count). The predicted molar refractivity (Wildman–Crippen MR) is 106 cm³/mol. The lowest BCUT2D eigenvalue weighted by molar-refractivity contribution is 0.0386. The van der Waals surface area contributed by atoms with Gasteiger partial charge in [0.1, 0.15) is 12.2 Å². The molecule has 0 amide bonds. The van der Waals surface area contributed by atoms with Gasteiger partial charge in [-0.15, -0.1) is 10.2 Å². The smallest absolute Gasteiger partial charge is 0.137 e. The van der Waals surface area contributed by atoms with E-state index in [9.17, 15) is 0 Å². The van der Waals surface area contributed by atoms with Gasteiger partial charge in [-0.2, -0.15) is 0 Å². The van der Waals surface area contributed by atoms with Crippen LogP contribution in [0.3, 0.4) is 0 Å². The van der Waals surface area contributed by atoms with Crippen molar-refractivity contribution in [1.82, 2.24) is 24.6 Å². The minimum Gasteiger partial charge on any atom is -0.320 e. The maximum Gasteiger partial charge on any atom is 0.137 e. The van der Waals surface area contributed by atoms with Gasteiger partial charge in [0, 0.05) is 38.6 Å². The Hall–Kier alpha value is -1.72. The van der Waals surface area contributed by atoms with Crippen LogP contribution in [-0.4, -0.2) is 56.8 Å². The van der Waals surface area contributed by atoms with Crippen molar-refractivity contribution in [3.05, 3.63) is 48.0 Å². The number of hydrogen-bond donors (Lipinski definition) is 0. The first kappa shape index (κ1) is 17.4. The molecule has 0 N–H and O–H groups in total. The minimum atomic E-state index is 0.357. The van der Waals surface area contributed by atoms with Crippen LogP contribution in [0.2, 0.25) is 0 Å². The van der Waals surface area contributed by atoms with Crippen LogP contribution < -0.4 is 0 Å². The summed E-state index contributed by atoms with van der Waals surface area (Å²) < 4.78 is 2.15. The Morgan fingerprint density at radius 3 is 2.52 bits per heavy atom. The van der Waals surface area contributed by atoms with E-state index in [1.54, 1.807) is 0 Å². The third kappa shape index (κ3) is 3.21. The quantitative estimate of drug-likeness (QED) is 0.835. The molecule has 0 bridgehead atoms. The highest BCUT2D eigenvalue weighted by atomic mass is 15.3. The molecule has 5 nitrogen and oxygen atoms in total. The van der Waals surface area contributed by atoms with Gasteiger partial charge in [-0.1, -0.05) is 36.8 Å². The molecule has 2 saturated heterocycles. The molecule has 1 aromatic carbocycles. The van der Waals surface area contributed by atoms with Crippen molar-refractivity contribution in [2.24, 2.45) is 12.5 Å². The molecular weight excluding hydrogens is 334 g/mol. The molecule has 1 unspecified atom stereocenters. The number of benzene rings is 1. The van der Waals surface area contributed by atoms with Crippen LogP contribution in [0.25, 0.3) is 0 Å². The lowest BCUT2D eigenvalue weighted by Gasteiger charge is -2.47. The fourth-order valence-electron chi connectivity index (χ4n) is 5.59. The van der Waals surface area contributed by atoms with Gasteiger partial charge in [0.05, 0.1) is 0 Å². The zero-order chi connectivity index (χ0) is 18.3. The number of aryl methyl sites for hydroxylation is 1. The summed E-state index contributed by atoms with van der Waals surface area (Å²) in [5.41, 5.74) is 1.77. The zero-order valence-electron chi connectivity index (χ0n) is 16.4. The first-order valence-electron chi connectivity index (χ1n) is 10.6. The summed E-state index contributed by atoms with van der Waals surface area (Å²) in [4.78, 5) is 5.43. The molecule has 1 spiro atoms. The third-order valence-electron chi connectivity index (χ3n) is 7.41.